The van der Waals surface area contributed by atoms with E-state index in [-0.39, 0.29) is 0 Å². The third kappa shape index (κ3) is 1.66. The average molecular weight is 262 g/mol. The van der Waals surface area contributed by atoms with Gasteiger partial charge in [-0.05, 0) is 33.6 Å². The third-order valence-electron chi connectivity index (χ3n) is 4.16. The molecule has 2 aromatic carbocycles. The highest BCUT2D eigenvalue weighted by molar-refractivity contribution is 7.06. The smallest absolute Gasteiger partial charge is 0.103 e. The lowest BCUT2D eigenvalue weighted by atomic mass is 10.1. The molecule has 0 amide bonds. The van der Waals surface area contributed by atoms with Crippen LogP contribution in [0.1, 0.15) is 0 Å². The van der Waals surface area contributed by atoms with Crippen LogP contribution in [0.5, 0.6) is 0 Å². The Hall–Kier alpha value is -1.86. The molecule has 1 heterocycles. The van der Waals surface area contributed by atoms with Crippen LogP contribution in [0, 0.1) is 0 Å². The molecule has 2 aromatic rings. The second-order valence-electron chi connectivity index (χ2n) is 5.16. The molecule has 1 aliphatic rings. The molecule has 0 bridgehead atoms. The second-order valence-corrected chi connectivity index (χ2v) is 9.22. The Bertz CT molecular complexity index is 582. The normalized spacial score (nSPS) is 14.5. The topological polar surface area (TPSA) is 0 Å². The minimum absolute atomic E-state index is 1.09. The molecule has 0 aromatic heterocycles. The molecule has 0 nitrogen and oxygen atoms in total. The monoisotopic (exact) mass is 262 g/mol. The lowest BCUT2D eigenvalue weighted by Gasteiger charge is -2.27. The van der Waals surface area contributed by atoms with E-state index in [0.717, 1.165) is 12.1 Å². The van der Waals surface area contributed by atoms with E-state index >= 15 is 0 Å². The molecule has 1 aliphatic heterocycles. The summed E-state index contributed by atoms with van der Waals surface area (Å²) in [6.07, 6.45) is 4.18. The predicted octanol–water partition coefficient (Wildman–Crippen LogP) is 3.60. The van der Waals surface area contributed by atoms with E-state index in [9.17, 15) is 0 Å². The zero-order valence-corrected chi connectivity index (χ0v) is 12.1. The highest BCUT2D eigenvalue weighted by atomic mass is 28.3. The van der Waals surface area contributed by atoms with Gasteiger partial charge in [0.25, 0.3) is 0 Å². The summed E-state index contributed by atoms with van der Waals surface area (Å²) in [5.74, 6) is 0. The maximum absolute atomic E-state index is 4.00. The van der Waals surface area contributed by atoms with Crippen molar-refractivity contribution in [1.82, 2.24) is 0 Å². The number of benzene rings is 2. The maximum atomic E-state index is 4.00. The fourth-order valence-corrected chi connectivity index (χ4v) is 8.05. The van der Waals surface area contributed by atoms with Crippen LogP contribution in [0.3, 0.4) is 0 Å². The summed E-state index contributed by atoms with van der Waals surface area (Å²) in [5.41, 5.74) is 2.85. The number of hydrogen-bond donors (Lipinski definition) is 0. The van der Waals surface area contributed by atoms with Gasteiger partial charge in [0.15, 0.2) is 0 Å². The Morgan fingerprint density at radius 1 is 0.737 bits per heavy atom. The van der Waals surface area contributed by atoms with Crippen molar-refractivity contribution < 1.29 is 0 Å². The van der Waals surface area contributed by atoms with Gasteiger partial charge < -0.3 is 0 Å². The third-order valence-corrected chi connectivity index (χ3v) is 9.07. The first-order valence-electron chi connectivity index (χ1n) is 6.74. The number of hydrogen-bond acceptors (Lipinski definition) is 0. The van der Waals surface area contributed by atoms with Gasteiger partial charge in [-0.25, -0.2) is 0 Å². The summed E-state index contributed by atoms with van der Waals surface area (Å²) in [7, 11) is -1.71. The van der Waals surface area contributed by atoms with Gasteiger partial charge in [-0.3, -0.25) is 0 Å². The van der Waals surface area contributed by atoms with Crippen LogP contribution in [0.25, 0.3) is 11.1 Å². The van der Waals surface area contributed by atoms with E-state index in [0.29, 0.717) is 0 Å². The van der Waals surface area contributed by atoms with Crippen molar-refractivity contribution in [2.45, 2.75) is 12.1 Å². The summed E-state index contributed by atoms with van der Waals surface area (Å²) >= 11 is 0. The van der Waals surface area contributed by atoms with Gasteiger partial charge in [0.1, 0.15) is 8.07 Å². The van der Waals surface area contributed by atoms with Crippen molar-refractivity contribution in [1.29, 1.82) is 0 Å². The van der Waals surface area contributed by atoms with E-state index < -0.39 is 8.07 Å². The van der Waals surface area contributed by atoms with Crippen LogP contribution in [-0.4, -0.2) is 8.07 Å². The molecule has 0 spiro atoms. The Morgan fingerprint density at radius 2 is 1.16 bits per heavy atom. The van der Waals surface area contributed by atoms with E-state index in [1.54, 1.807) is 10.4 Å². The minimum Gasteiger partial charge on any atom is -0.103 e. The van der Waals surface area contributed by atoms with Crippen LogP contribution < -0.4 is 10.4 Å². The van der Waals surface area contributed by atoms with Gasteiger partial charge in [0.05, 0.1) is 0 Å². The molecule has 0 N–H and O–H groups in total. The van der Waals surface area contributed by atoms with Crippen molar-refractivity contribution in [3.63, 3.8) is 0 Å². The van der Waals surface area contributed by atoms with Crippen LogP contribution in [0.4, 0.5) is 0 Å². The molecule has 0 saturated carbocycles. The molecular weight excluding hydrogens is 244 g/mol. The van der Waals surface area contributed by atoms with Crippen molar-refractivity contribution in [2.24, 2.45) is 0 Å². The first-order valence-corrected chi connectivity index (χ1v) is 9.16. The fourth-order valence-electron chi connectivity index (χ4n) is 3.43. The minimum atomic E-state index is -1.71. The van der Waals surface area contributed by atoms with Crippen molar-refractivity contribution in [3.05, 3.63) is 73.8 Å². The Labute approximate surface area is 116 Å². The van der Waals surface area contributed by atoms with Crippen LogP contribution in [0.2, 0.25) is 12.1 Å². The van der Waals surface area contributed by atoms with Gasteiger partial charge in [0.2, 0.25) is 0 Å². The molecule has 0 unspecified atom stereocenters. The maximum Gasteiger partial charge on any atom is 0.127 e. The van der Waals surface area contributed by atoms with Crippen LogP contribution >= 0.6 is 0 Å². The van der Waals surface area contributed by atoms with Gasteiger partial charge in [-0.1, -0.05) is 60.7 Å². The summed E-state index contributed by atoms with van der Waals surface area (Å²) in [5, 5.41) is 3.10. The number of fused-ring (bicyclic) bond motifs is 3. The summed E-state index contributed by atoms with van der Waals surface area (Å²) in [6, 6.07) is 19.9. The standard InChI is InChI=1S/C18H18Si/c1-3-13-19(14-4-2)17-11-7-5-9-15(17)16-10-6-8-12-18(16)19/h3-12H,1-2,13-14H2. The summed E-state index contributed by atoms with van der Waals surface area (Å²) in [4.78, 5) is 0. The Morgan fingerprint density at radius 3 is 1.58 bits per heavy atom. The molecule has 19 heavy (non-hydrogen) atoms. The lowest BCUT2D eigenvalue weighted by molar-refractivity contribution is 1.49. The second kappa shape index (κ2) is 4.67. The molecule has 0 aliphatic carbocycles. The van der Waals surface area contributed by atoms with E-state index in [4.69, 9.17) is 0 Å². The van der Waals surface area contributed by atoms with Gasteiger partial charge in [-0.15, -0.1) is 13.2 Å². The van der Waals surface area contributed by atoms with Crippen molar-refractivity contribution >= 4 is 18.4 Å². The van der Waals surface area contributed by atoms with Crippen LogP contribution in [-0.2, 0) is 0 Å². The first kappa shape index (κ1) is 12.2. The van der Waals surface area contributed by atoms with E-state index in [1.165, 1.54) is 11.1 Å². The zero-order valence-electron chi connectivity index (χ0n) is 11.1. The van der Waals surface area contributed by atoms with E-state index in [1.807, 2.05) is 0 Å². The summed E-state index contributed by atoms with van der Waals surface area (Å²) < 4.78 is 0. The quantitative estimate of drug-likeness (QED) is 0.583. The van der Waals surface area contributed by atoms with Crippen molar-refractivity contribution in [3.8, 4) is 11.1 Å². The first-order chi connectivity index (χ1) is 9.33. The highest BCUT2D eigenvalue weighted by Crippen LogP contribution is 2.32. The Kier molecular flexibility index (Phi) is 3.00. The van der Waals surface area contributed by atoms with Gasteiger partial charge in [0, 0.05) is 0 Å². The molecule has 0 atom stereocenters. The molecule has 0 radical (unpaired) electrons. The fraction of sp³-hybridized carbons (Fsp3) is 0.111. The zero-order chi connectivity index (χ0) is 13.3. The van der Waals surface area contributed by atoms with Crippen molar-refractivity contribution in [2.75, 3.05) is 0 Å². The molecule has 94 valence electrons. The summed E-state index contributed by atoms with van der Waals surface area (Å²) in [6.45, 7) is 8.00. The number of allylic oxidation sites excluding steroid dienone is 2. The van der Waals surface area contributed by atoms with E-state index in [2.05, 4.69) is 73.8 Å². The SMILES string of the molecule is C=CC[Si]1(CC=C)c2ccccc2-c2ccccc21. The molecule has 0 saturated heterocycles. The van der Waals surface area contributed by atoms with Gasteiger partial charge >= 0.3 is 0 Å². The van der Waals surface area contributed by atoms with Gasteiger partial charge in [-0.2, -0.15) is 0 Å². The average Bonchev–Trinajstić information content (AvgIpc) is 2.72. The highest BCUT2D eigenvalue weighted by Gasteiger charge is 2.42. The number of rotatable bonds is 4. The molecule has 0 fully saturated rings. The largest absolute Gasteiger partial charge is 0.127 e. The molecule has 1 heteroatoms. The molecule has 3 rings (SSSR count). The molecular formula is C18H18Si. The predicted molar refractivity (Wildman–Crippen MR) is 86.9 cm³/mol. The van der Waals surface area contributed by atoms with Crippen LogP contribution in [0.15, 0.2) is 73.8 Å². The Balaban J connectivity index is 2.34. The lowest BCUT2D eigenvalue weighted by Crippen LogP contribution is -2.54.